The lowest BCUT2D eigenvalue weighted by atomic mass is 10.4. The molecule has 0 fully saturated rings. The van der Waals surface area contributed by atoms with Crippen LogP contribution in [0, 0.1) is 5.82 Å². The lowest BCUT2D eigenvalue weighted by Gasteiger charge is -1.89. The van der Waals surface area contributed by atoms with Gasteiger partial charge in [0, 0.05) is 0 Å². The van der Waals surface area contributed by atoms with Crippen LogP contribution in [0.25, 0.3) is 11.2 Å². The Kier molecular flexibility index (Phi) is 1.25. The molecule has 0 aromatic carbocycles. The molecule has 0 radical (unpaired) electrons. The van der Waals surface area contributed by atoms with Crippen LogP contribution in [0.2, 0.25) is 5.02 Å². The molecule has 0 aliphatic rings. The Bertz CT molecular complexity index is 398. The van der Waals surface area contributed by atoms with Gasteiger partial charge >= 0.3 is 0 Å². The number of rotatable bonds is 0. The molecule has 0 atom stereocenters. The summed E-state index contributed by atoms with van der Waals surface area (Å²) in [5, 5.41) is 9.29. The quantitative estimate of drug-likeness (QED) is 0.649. The van der Waals surface area contributed by atoms with Gasteiger partial charge in [0.05, 0.1) is 11.2 Å². The van der Waals surface area contributed by atoms with Gasteiger partial charge in [0.15, 0.2) is 11.3 Å². The van der Waals surface area contributed by atoms with Crippen molar-refractivity contribution in [2.24, 2.45) is 0 Å². The Labute approximate surface area is 65.4 Å². The predicted octanol–water partition coefficient (Wildman–Crippen LogP) is 1.15. The van der Waals surface area contributed by atoms with Gasteiger partial charge in [-0.3, -0.25) is 0 Å². The summed E-state index contributed by atoms with van der Waals surface area (Å²) in [5.41, 5.74) is 0.296. The molecule has 0 aliphatic heterocycles. The zero-order valence-electron chi connectivity index (χ0n) is 5.17. The molecule has 6 heteroatoms. The smallest absolute Gasteiger partial charge is 0.204 e. The Morgan fingerprint density at radius 3 is 3.09 bits per heavy atom. The van der Waals surface area contributed by atoms with E-state index in [4.69, 9.17) is 11.6 Å². The topological polar surface area (TPSA) is 54.5 Å². The normalized spacial score (nSPS) is 10.7. The third kappa shape index (κ3) is 0.848. The summed E-state index contributed by atoms with van der Waals surface area (Å²) in [4.78, 5) is 3.72. The van der Waals surface area contributed by atoms with E-state index in [1.165, 1.54) is 6.20 Å². The molecule has 0 saturated heterocycles. The van der Waals surface area contributed by atoms with E-state index in [9.17, 15) is 4.39 Å². The largest absolute Gasteiger partial charge is 0.232 e. The van der Waals surface area contributed by atoms with E-state index in [1.807, 2.05) is 0 Å². The van der Waals surface area contributed by atoms with E-state index in [-0.39, 0.29) is 16.2 Å². The molecule has 2 aromatic rings. The van der Waals surface area contributed by atoms with Crippen LogP contribution in [0.3, 0.4) is 0 Å². The number of aromatic amines is 1. The molecule has 0 aliphatic carbocycles. The third-order valence-corrected chi connectivity index (χ3v) is 1.51. The second-order valence-corrected chi connectivity index (χ2v) is 2.32. The van der Waals surface area contributed by atoms with E-state index >= 15 is 0 Å². The van der Waals surface area contributed by atoms with Crippen molar-refractivity contribution < 1.29 is 4.39 Å². The Morgan fingerprint density at radius 2 is 2.27 bits per heavy atom. The zero-order valence-corrected chi connectivity index (χ0v) is 5.93. The van der Waals surface area contributed by atoms with Crippen molar-refractivity contribution in [1.29, 1.82) is 0 Å². The van der Waals surface area contributed by atoms with Crippen molar-refractivity contribution in [3.8, 4) is 0 Å². The monoisotopic (exact) mass is 172 g/mol. The van der Waals surface area contributed by atoms with Crippen LogP contribution >= 0.6 is 11.6 Å². The number of hydrogen-bond acceptors (Lipinski definition) is 3. The van der Waals surface area contributed by atoms with Gasteiger partial charge in [-0.25, -0.2) is 9.37 Å². The molecule has 0 spiro atoms. The summed E-state index contributed by atoms with van der Waals surface area (Å²) in [5.74, 6) is -0.592. The molecule has 4 nitrogen and oxygen atoms in total. The van der Waals surface area contributed by atoms with Crippen molar-refractivity contribution in [3.05, 3.63) is 17.0 Å². The molecule has 2 aromatic heterocycles. The van der Waals surface area contributed by atoms with Gasteiger partial charge in [0.25, 0.3) is 0 Å². The lowest BCUT2D eigenvalue weighted by Crippen LogP contribution is -1.83. The number of nitrogens with one attached hydrogen (secondary N) is 1. The highest BCUT2D eigenvalue weighted by molar-refractivity contribution is 6.31. The van der Waals surface area contributed by atoms with Crippen LogP contribution in [0.5, 0.6) is 0 Å². The fraction of sp³-hybridized carbons (Fsp3) is 0. The summed E-state index contributed by atoms with van der Waals surface area (Å²) in [6.45, 7) is 0. The minimum absolute atomic E-state index is 0.0496. The van der Waals surface area contributed by atoms with E-state index in [0.29, 0.717) is 0 Å². The molecule has 0 unspecified atom stereocenters. The molecule has 0 bridgehead atoms. The minimum Gasteiger partial charge on any atom is -0.232 e. The summed E-state index contributed by atoms with van der Waals surface area (Å²) in [6.07, 6.45) is 1.20. The Morgan fingerprint density at radius 1 is 1.45 bits per heavy atom. The first kappa shape index (κ1) is 6.48. The number of halogens is 2. The summed E-state index contributed by atoms with van der Waals surface area (Å²) < 4.78 is 12.9. The maximum absolute atomic E-state index is 12.9. The van der Waals surface area contributed by atoms with E-state index in [0.717, 1.165) is 0 Å². The summed E-state index contributed by atoms with van der Waals surface area (Å²) in [6, 6.07) is 0. The number of fused-ring (bicyclic) bond motifs is 1. The predicted molar refractivity (Wildman–Crippen MR) is 36.7 cm³/mol. The van der Waals surface area contributed by atoms with Crippen LogP contribution in [-0.4, -0.2) is 20.4 Å². The maximum atomic E-state index is 12.9. The number of nitrogens with zero attached hydrogens (tertiary/aromatic N) is 3. The molecule has 2 heterocycles. The van der Waals surface area contributed by atoms with Crippen molar-refractivity contribution >= 4 is 22.8 Å². The molecule has 11 heavy (non-hydrogen) atoms. The van der Waals surface area contributed by atoms with Crippen molar-refractivity contribution in [2.75, 3.05) is 0 Å². The van der Waals surface area contributed by atoms with Gasteiger partial charge in [0.2, 0.25) is 5.65 Å². The Hall–Kier alpha value is -1.23. The van der Waals surface area contributed by atoms with Crippen LogP contribution in [0.4, 0.5) is 4.39 Å². The average Bonchev–Trinajstić information content (AvgIpc) is 2.45. The molecule has 0 amide bonds. The van der Waals surface area contributed by atoms with Crippen LogP contribution in [0.1, 0.15) is 0 Å². The highest BCUT2D eigenvalue weighted by atomic mass is 35.5. The number of aromatic nitrogens is 4. The molecule has 0 saturated carbocycles. The Balaban J connectivity index is 2.93. The standard InChI is InChI=1S/C5H2ClFN4/c6-2-1-8-5-4(3(2)7)9-11-10-5/h1H,(H,8,9,10,11). The number of H-pyrrole nitrogens is 1. The first-order valence-electron chi connectivity index (χ1n) is 2.79. The van der Waals surface area contributed by atoms with Crippen LogP contribution in [-0.2, 0) is 0 Å². The van der Waals surface area contributed by atoms with Crippen LogP contribution in [0.15, 0.2) is 6.20 Å². The van der Waals surface area contributed by atoms with Crippen molar-refractivity contribution in [2.45, 2.75) is 0 Å². The number of hydrogen-bond donors (Lipinski definition) is 1. The molecular weight excluding hydrogens is 171 g/mol. The van der Waals surface area contributed by atoms with E-state index in [2.05, 4.69) is 20.4 Å². The van der Waals surface area contributed by atoms with Crippen LogP contribution < -0.4 is 0 Å². The molecule has 2 rings (SSSR count). The molecule has 56 valence electrons. The molecular formula is C5H2ClFN4. The highest BCUT2D eigenvalue weighted by Gasteiger charge is 2.08. The average molecular weight is 173 g/mol. The lowest BCUT2D eigenvalue weighted by molar-refractivity contribution is 0.635. The van der Waals surface area contributed by atoms with Gasteiger partial charge < -0.3 is 0 Å². The first-order chi connectivity index (χ1) is 5.29. The SMILES string of the molecule is Fc1c(Cl)cnc2n[nH]nc12. The maximum Gasteiger partial charge on any atom is 0.204 e. The fourth-order valence-electron chi connectivity index (χ4n) is 0.750. The van der Waals surface area contributed by atoms with Crippen molar-refractivity contribution in [3.63, 3.8) is 0 Å². The fourth-order valence-corrected chi connectivity index (χ4v) is 0.888. The summed E-state index contributed by atoms with van der Waals surface area (Å²) in [7, 11) is 0. The highest BCUT2D eigenvalue weighted by Crippen LogP contribution is 2.18. The second-order valence-electron chi connectivity index (χ2n) is 1.92. The number of pyridine rings is 1. The summed E-state index contributed by atoms with van der Waals surface area (Å²) >= 11 is 5.43. The van der Waals surface area contributed by atoms with Gasteiger partial charge in [-0.15, -0.1) is 5.10 Å². The van der Waals surface area contributed by atoms with E-state index < -0.39 is 5.82 Å². The van der Waals surface area contributed by atoms with Gasteiger partial charge in [-0.05, 0) is 0 Å². The minimum atomic E-state index is -0.592. The van der Waals surface area contributed by atoms with Crippen molar-refractivity contribution in [1.82, 2.24) is 20.4 Å². The zero-order chi connectivity index (χ0) is 7.84. The second kappa shape index (κ2) is 2.13. The third-order valence-electron chi connectivity index (χ3n) is 1.25. The van der Waals surface area contributed by atoms with Gasteiger partial charge in [-0.2, -0.15) is 10.3 Å². The first-order valence-corrected chi connectivity index (χ1v) is 3.17. The van der Waals surface area contributed by atoms with E-state index in [1.54, 1.807) is 0 Å². The van der Waals surface area contributed by atoms with Gasteiger partial charge in [-0.1, -0.05) is 11.6 Å². The van der Waals surface area contributed by atoms with Gasteiger partial charge in [0.1, 0.15) is 0 Å². The molecule has 1 N–H and O–H groups in total.